The summed E-state index contributed by atoms with van der Waals surface area (Å²) in [6.07, 6.45) is 0. The number of benzene rings is 1. The standard InChI is InChI=1S/C8H8Br2O/c9-4-6-1-2-8(11)3-7(6)5-10/h1-3,11H,4-5H2. The van der Waals surface area contributed by atoms with Gasteiger partial charge >= 0.3 is 0 Å². The smallest absolute Gasteiger partial charge is 0.115 e. The van der Waals surface area contributed by atoms with Gasteiger partial charge in [0.05, 0.1) is 0 Å². The van der Waals surface area contributed by atoms with Crippen molar-refractivity contribution in [3.8, 4) is 5.75 Å². The van der Waals surface area contributed by atoms with E-state index in [1.165, 1.54) is 5.56 Å². The van der Waals surface area contributed by atoms with E-state index in [1.807, 2.05) is 6.07 Å². The molecular formula is C8H8Br2O. The number of aromatic hydroxyl groups is 1. The lowest BCUT2D eigenvalue weighted by atomic mass is 10.1. The van der Waals surface area contributed by atoms with Crippen LogP contribution in [0, 0.1) is 0 Å². The molecule has 1 aromatic rings. The molecule has 1 nitrogen and oxygen atoms in total. The highest BCUT2D eigenvalue weighted by Gasteiger charge is 1.99. The van der Waals surface area contributed by atoms with Gasteiger partial charge in [-0.3, -0.25) is 0 Å². The Hall–Kier alpha value is -0.0200. The molecule has 0 radical (unpaired) electrons. The van der Waals surface area contributed by atoms with Crippen LogP contribution in [0.2, 0.25) is 0 Å². The molecule has 1 aromatic carbocycles. The first kappa shape index (κ1) is 9.07. The summed E-state index contributed by atoms with van der Waals surface area (Å²) in [5, 5.41) is 10.7. The molecular weight excluding hydrogens is 272 g/mol. The Morgan fingerprint density at radius 3 is 2.27 bits per heavy atom. The van der Waals surface area contributed by atoms with Gasteiger partial charge in [0.1, 0.15) is 5.75 Å². The molecule has 3 heteroatoms. The van der Waals surface area contributed by atoms with E-state index in [4.69, 9.17) is 5.11 Å². The molecule has 0 aromatic heterocycles. The molecule has 0 aliphatic heterocycles. The number of phenols is 1. The van der Waals surface area contributed by atoms with Crippen LogP contribution in [0.5, 0.6) is 5.75 Å². The van der Waals surface area contributed by atoms with Crippen molar-refractivity contribution < 1.29 is 5.11 Å². The van der Waals surface area contributed by atoms with E-state index >= 15 is 0 Å². The normalized spacial score (nSPS) is 10.0. The highest BCUT2D eigenvalue weighted by Crippen LogP contribution is 2.20. The van der Waals surface area contributed by atoms with Crippen LogP contribution < -0.4 is 0 Å². The molecule has 0 amide bonds. The van der Waals surface area contributed by atoms with E-state index in [1.54, 1.807) is 12.1 Å². The van der Waals surface area contributed by atoms with E-state index in [9.17, 15) is 0 Å². The summed E-state index contributed by atoms with van der Waals surface area (Å²) < 4.78 is 0. The first-order valence-electron chi connectivity index (χ1n) is 3.20. The molecule has 0 saturated carbocycles. The van der Waals surface area contributed by atoms with Crippen molar-refractivity contribution in [1.82, 2.24) is 0 Å². The van der Waals surface area contributed by atoms with Gasteiger partial charge in [-0.2, -0.15) is 0 Å². The van der Waals surface area contributed by atoms with Crippen LogP contribution in [0.15, 0.2) is 18.2 Å². The van der Waals surface area contributed by atoms with E-state index in [2.05, 4.69) is 31.9 Å². The Bertz CT molecular complexity index is 248. The first-order chi connectivity index (χ1) is 5.27. The molecule has 0 spiro atoms. The second-order valence-electron chi connectivity index (χ2n) is 2.22. The van der Waals surface area contributed by atoms with Crippen molar-refractivity contribution in [2.24, 2.45) is 0 Å². The second kappa shape index (κ2) is 4.12. The minimum Gasteiger partial charge on any atom is -0.508 e. The SMILES string of the molecule is Oc1ccc(CBr)c(CBr)c1. The molecule has 0 atom stereocenters. The molecule has 0 aliphatic rings. The number of rotatable bonds is 2. The number of halogens is 2. The van der Waals surface area contributed by atoms with E-state index in [-0.39, 0.29) is 0 Å². The Labute approximate surface area is 82.7 Å². The van der Waals surface area contributed by atoms with Crippen LogP contribution in [-0.4, -0.2) is 5.11 Å². The van der Waals surface area contributed by atoms with Gasteiger partial charge in [0.15, 0.2) is 0 Å². The zero-order valence-corrected chi connectivity index (χ0v) is 9.02. The lowest BCUT2D eigenvalue weighted by Gasteiger charge is -2.03. The molecule has 1 N–H and O–H groups in total. The van der Waals surface area contributed by atoms with Crippen LogP contribution in [0.3, 0.4) is 0 Å². The largest absolute Gasteiger partial charge is 0.508 e. The molecule has 0 fully saturated rings. The number of hydrogen-bond donors (Lipinski definition) is 1. The Balaban J connectivity index is 3.06. The topological polar surface area (TPSA) is 20.2 Å². The molecule has 0 saturated heterocycles. The number of hydrogen-bond acceptors (Lipinski definition) is 1. The molecule has 60 valence electrons. The van der Waals surface area contributed by atoms with Crippen LogP contribution in [0.4, 0.5) is 0 Å². The summed E-state index contributed by atoms with van der Waals surface area (Å²) in [5.41, 5.74) is 2.33. The maximum atomic E-state index is 9.13. The van der Waals surface area contributed by atoms with Gasteiger partial charge in [-0.05, 0) is 23.3 Å². The van der Waals surface area contributed by atoms with Crippen LogP contribution in [0.1, 0.15) is 11.1 Å². The fraction of sp³-hybridized carbons (Fsp3) is 0.250. The third kappa shape index (κ3) is 2.20. The maximum Gasteiger partial charge on any atom is 0.115 e. The molecule has 0 heterocycles. The van der Waals surface area contributed by atoms with Gasteiger partial charge in [0, 0.05) is 10.7 Å². The van der Waals surface area contributed by atoms with Gasteiger partial charge in [-0.1, -0.05) is 37.9 Å². The molecule has 0 bridgehead atoms. The van der Waals surface area contributed by atoms with E-state index in [0.717, 1.165) is 16.2 Å². The van der Waals surface area contributed by atoms with Gasteiger partial charge in [-0.25, -0.2) is 0 Å². The lowest BCUT2D eigenvalue weighted by Crippen LogP contribution is -1.86. The Morgan fingerprint density at radius 1 is 1.09 bits per heavy atom. The number of alkyl halides is 2. The van der Waals surface area contributed by atoms with Crippen molar-refractivity contribution in [2.45, 2.75) is 10.7 Å². The van der Waals surface area contributed by atoms with Gasteiger partial charge < -0.3 is 5.11 Å². The third-order valence-corrected chi connectivity index (χ3v) is 2.69. The monoisotopic (exact) mass is 278 g/mol. The van der Waals surface area contributed by atoms with Crippen molar-refractivity contribution in [1.29, 1.82) is 0 Å². The summed E-state index contributed by atoms with van der Waals surface area (Å²) in [6.45, 7) is 0. The fourth-order valence-corrected chi connectivity index (χ4v) is 1.94. The zero-order valence-electron chi connectivity index (χ0n) is 5.85. The van der Waals surface area contributed by atoms with Gasteiger partial charge in [0.25, 0.3) is 0 Å². The average Bonchev–Trinajstić information content (AvgIpc) is 2.04. The summed E-state index contributed by atoms with van der Waals surface area (Å²) >= 11 is 6.72. The molecule has 0 unspecified atom stereocenters. The molecule has 1 rings (SSSR count). The fourth-order valence-electron chi connectivity index (χ4n) is 0.867. The van der Waals surface area contributed by atoms with Gasteiger partial charge in [-0.15, -0.1) is 0 Å². The third-order valence-electron chi connectivity index (χ3n) is 1.48. The predicted molar refractivity (Wildman–Crippen MR) is 53.4 cm³/mol. The van der Waals surface area contributed by atoms with Crippen LogP contribution in [0.25, 0.3) is 0 Å². The number of phenolic OH excluding ortho intramolecular Hbond substituents is 1. The quantitative estimate of drug-likeness (QED) is 0.825. The second-order valence-corrected chi connectivity index (χ2v) is 3.34. The van der Waals surface area contributed by atoms with Crippen molar-refractivity contribution in [3.05, 3.63) is 29.3 Å². The zero-order chi connectivity index (χ0) is 8.27. The maximum absolute atomic E-state index is 9.13. The Morgan fingerprint density at radius 2 is 1.73 bits per heavy atom. The minimum absolute atomic E-state index is 0.323. The van der Waals surface area contributed by atoms with Crippen molar-refractivity contribution >= 4 is 31.9 Å². The van der Waals surface area contributed by atoms with Gasteiger partial charge in [0.2, 0.25) is 0 Å². The lowest BCUT2D eigenvalue weighted by molar-refractivity contribution is 0.474. The van der Waals surface area contributed by atoms with E-state index < -0.39 is 0 Å². The summed E-state index contributed by atoms with van der Waals surface area (Å²) in [7, 11) is 0. The predicted octanol–water partition coefficient (Wildman–Crippen LogP) is 3.18. The van der Waals surface area contributed by atoms with Crippen LogP contribution >= 0.6 is 31.9 Å². The highest BCUT2D eigenvalue weighted by atomic mass is 79.9. The minimum atomic E-state index is 0.323. The van der Waals surface area contributed by atoms with Crippen molar-refractivity contribution in [3.63, 3.8) is 0 Å². The highest BCUT2D eigenvalue weighted by molar-refractivity contribution is 9.09. The summed E-state index contributed by atoms with van der Waals surface area (Å²) in [4.78, 5) is 0. The van der Waals surface area contributed by atoms with Crippen LogP contribution in [-0.2, 0) is 10.7 Å². The summed E-state index contributed by atoms with van der Waals surface area (Å²) in [5.74, 6) is 0.323. The average molecular weight is 280 g/mol. The molecule has 0 aliphatic carbocycles. The molecule has 11 heavy (non-hydrogen) atoms. The first-order valence-corrected chi connectivity index (χ1v) is 5.45. The van der Waals surface area contributed by atoms with Crippen molar-refractivity contribution in [2.75, 3.05) is 0 Å². The van der Waals surface area contributed by atoms with E-state index in [0.29, 0.717) is 5.75 Å². The Kier molecular flexibility index (Phi) is 3.40. The summed E-state index contributed by atoms with van der Waals surface area (Å²) in [6, 6.07) is 5.38.